The summed E-state index contributed by atoms with van der Waals surface area (Å²) < 4.78 is 32.2. The number of nitrogens with zero attached hydrogens (tertiary/aromatic N) is 4. The minimum Gasteiger partial charge on any atom is -0.508 e. The second-order valence-electron chi connectivity index (χ2n) is 6.90. The van der Waals surface area contributed by atoms with Crippen LogP contribution in [0.1, 0.15) is 38.2 Å². The zero-order chi connectivity index (χ0) is 23.4. The number of carboxylic acids is 1. The van der Waals surface area contributed by atoms with Crippen LogP contribution < -0.4 is 5.32 Å². The van der Waals surface area contributed by atoms with Crippen molar-refractivity contribution in [2.45, 2.75) is 50.1 Å². The molecule has 2 atom stereocenters. The summed E-state index contributed by atoms with van der Waals surface area (Å²) in [6.07, 6.45) is -0.367. The molecule has 0 bridgehead atoms. The fourth-order valence-electron chi connectivity index (χ4n) is 3.28. The van der Waals surface area contributed by atoms with E-state index in [0.29, 0.717) is 11.3 Å². The Balaban J connectivity index is 2.45. The Labute approximate surface area is 177 Å². The first-order valence-electron chi connectivity index (χ1n) is 9.16. The Hall–Kier alpha value is -3.19. The number of carboxylic acid groups (broad SMARTS) is 1. The fourth-order valence-corrected chi connectivity index (χ4v) is 4.00. The van der Waals surface area contributed by atoms with Gasteiger partial charge in [-0.05, 0) is 24.4 Å². The fraction of sp³-hybridized carbons (Fsp3) is 0.471. The molecule has 1 aliphatic rings. The Morgan fingerprint density at radius 2 is 2.10 bits per heavy atom. The van der Waals surface area contributed by atoms with Crippen molar-refractivity contribution >= 4 is 33.6 Å². The number of phenolic OH excluding ortho intramolecular Hbond substituents is 1. The zero-order valence-corrected chi connectivity index (χ0v) is 17.2. The van der Waals surface area contributed by atoms with Gasteiger partial charge in [0.05, 0.1) is 6.42 Å². The zero-order valence-electron chi connectivity index (χ0n) is 16.4. The average Bonchev–Trinajstić information content (AvgIpc) is 2.99. The molecule has 168 valence electrons. The third-order valence-corrected chi connectivity index (χ3v) is 5.98. The second kappa shape index (κ2) is 9.31. The van der Waals surface area contributed by atoms with Crippen LogP contribution in [0.2, 0.25) is 0 Å². The molecule has 1 aromatic carbocycles. The smallest absolute Gasteiger partial charge is 0.345 e. The van der Waals surface area contributed by atoms with Gasteiger partial charge in [-0.25, -0.2) is 4.79 Å². The van der Waals surface area contributed by atoms with Gasteiger partial charge in [0.2, 0.25) is 5.91 Å². The summed E-state index contributed by atoms with van der Waals surface area (Å²) in [6.45, 7) is 1.42. The standard InChI is InChI=1S/C17H21N5O8S/c1-2-3-6-17(16(26)27,22-14(24)8-13(15(22)25)31(28,29)30)19-9-10-4-5-11(20-21-18)7-12(10)23/h4-5,7,13,19,23H,2-3,6,8-9H2,1H3,(H,26,27)(H,28,29,30). The van der Waals surface area contributed by atoms with Gasteiger partial charge in [-0.3, -0.25) is 24.4 Å². The third kappa shape index (κ3) is 4.94. The Kier molecular flexibility index (Phi) is 7.23. The number of unbranched alkanes of at least 4 members (excludes halogenated alkanes) is 1. The first-order chi connectivity index (χ1) is 14.5. The molecule has 1 aromatic rings. The van der Waals surface area contributed by atoms with Gasteiger partial charge in [-0.1, -0.05) is 30.6 Å². The first kappa shape index (κ1) is 24.1. The minimum atomic E-state index is -4.92. The number of amides is 2. The van der Waals surface area contributed by atoms with E-state index < -0.39 is 45.2 Å². The van der Waals surface area contributed by atoms with Crippen LogP contribution in [0.3, 0.4) is 0 Å². The van der Waals surface area contributed by atoms with E-state index in [2.05, 4.69) is 15.3 Å². The number of hydrogen-bond donors (Lipinski definition) is 4. The lowest BCUT2D eigenvalue weighted by atomic mass is 9.99. The maximum absolute atomic E-state index is 12.6. The highest BCUT2D eigenvalue weighted by molar-refractivity contribution is 7.87. The monoisotopic (exact) mass is 455 g/mol. The van der Waals surface area contributed by atoms with Gasteiger partial charge >= 0.3 is 5.97 Å². The molecule has 1 fully saturated rings. The number of phenols is 1. The lowest BCUT2D eigenvalue weighted by Gasteiger charge is -2.38. The predicted octanol–water partition coefficient (Wildman–Crippen LogP) is 1.41. The maximum atomic E-state index is 12.6. The third-order valence-electron chi connectivity index (χ3n) is 4.89. The van der Waals surface area contributed by atoms with Gasteiger partial charge in [0.15, 0.2) is 10.9 Å². The highest BCUT2D eigenvalue weighted by Crippen LogP contribution is 2.31. The summed E-state index contributed by atoms with van der Waals surface area (Å²) >= 11 is 0. The summed E-state index contributed by atoms with van der Waals surface area (Å²) in [6, 6.07) is 3.87. The second-order valence-corrected chi connectivity index (χ2v) is 8.50. The van der Waals surface area contributed by atoms with Gasteiger partial charge in [0.1, 0.15) is 5.75 Å². The number of imide groups is 1. The summed E-state index contributed by atoms with van der Waals surface area (Å²) in [7, 11) is -4.92. The van der Waals surface area contributed by atoms with Crippen LogP contribution in [0.25, 0.3) is 10.4 Å². The van der Waals surface area contributed by atoms with Crippen molar-refractivity contribution < 1.29 is 37.6 Å². The number of carbonyl (C=O) groups is 3. The van der Waals surface area contributed by atoms with Crippen LogP contribution in [0, 0.1) is 0 Å². The van der Waals surface area contributed by atoms with Gasteiger partial charge in [-0.15, -0.1) is 0 Å². The molecule has 1 heterocycles. The van der Waals surface area contributed by atoms with Crippen molar-refractivity contribution in [2.24, 2.45) is 5.11 Å². The highest BCUT2D eigenvalue weighted by Gasteiger charge is 2.57. The van der Waals surface area contributed by atoms with Crippen molar-refractivity contribution in [3.05, 3.63) is 34.2 Å². The number of hydrogen-bond acceptors (Lipinski definition) is 8. The van der Waals surface area contributed by atoms with Gasteiger partial charge in [0.25, 0.3) is 16.0 Å². The van der Waals surface area contributed by atoms with Crippen LogP contribution in [-0.4, -0.2) is 56.8 Å². The number of benzene rings is 1. The van der Waals surface area contributed by atoms with E-state index in [1.165, 1.54) is 12.1 Å². The molecule has 0 aliphatic carbocycles. The highest BCUT2D eigenvalue weighted by atomic mass is 32.2. The SMILES string of the molecule is CCCCC(NCc1ccc(N=[N+]=[N-])cc1O)(C(=O)O)N1C(=O)CC(S(=O)(=O)O)C1=O. The molecule has 2 rings (SSSR count). The van der Waals surface area contributed by atoms with Crippen LogP contribution in [-0.2, 0) is 31.0 Å². The molecule has 0 aromatic heterocycles. The van der Waals surface area contributed by atoms with Crippen molar-refractivity contribution in [2.75, 3.05) is 0 Å². The van der Waals surface area contributed by atoms with E-state index in [1.54, 1.807) is 6.92 Å². The van der Waals surface area contributed by atoms with Gasteiger partial charge in [-0.2, -0.15) is 8.42 Å². The van der Waals surface area contributed by atoms with Crippen LogP contribution in [0.15, 0.2) is 23.3 Å². The van der Waals surface area contributed by atoms with Crippen LogP contribution in [0.5, 0.6) is 5.75 Å². The van der Waals surface area contributed by atoms with E-state index in [1.807, 2.05) is 0 Å². The number of carbonyl (C=O) groups excluding carboxylic acids is 2. The summed E-state index contributed by atoms with van der Waals surface area (Å²) in [4.78, 5) is 40.3. The van der Waals surface area contributed by atoms with Gasteiger partial charge in [0, 0.05) is 22.7 Å². The quantitative estimate of drug-likeness (QED) is 0.132. The molecular formula is C17H21N5O8S. The summed E-state index contributed by atoms with van der Waals surface area (Å²) in [5.41, 5.74) is 6.43. The summed E-state index contributed by atoms with van der Waals surface area (Å²) in [5, 5.41) is 23.9. The molecule has 2 amide bonds. The molecule has 2 unspecified atom stereocenters. The van der Waals surface area contributed by atoms with E-state index in [-0.39, 0.29) is 36.4 Å². The molecule has 0 saturated carbocycles. The maximum Gasteiger partial charge on any atom is 0.345 e. The number of nitrogens with one attached hydrogen (secondary N) is 1. The number of azide groups is 1. The number of aromatic hydroxyl groups is 1. The average molecular weight is 455 g/mol. The van der Waals surface area contributed by atoms with Crippen molar-refractivity contribution in [1.82, 2.24) is 10.2 Å². The molecule has 14 heteroatoms. The van der Waals surface area contributed by atoms with E-state index in [9.17, 15) is 37.6 Å². The number of likely N-dealkylation sites (tertiary alicyclic amines) is 1. The van der Waals surface area contributed by atoms with E-state index >= 15 is 0 Å². The first-order valence-corrected chi connectivity index (χ1v) is 10.7. The van der Waals surface area contributed by atoms with Crippen molar-refractivity contribution in [3.8, 4) is 5.75 Å². The predicted molar refractivity (Wildman–Crippen MR) is 105 cm³/mol. The number of aliphatic carboxylic acids is 1. The molecule has 0 radical (unpaired) electrons. The lowest BCUT2D eigenvalue weighted by molar-refractivity contribution is -0.166. The lowest BCUT2D eigenvalue weighted by Crippen LogP contribution is -2.66. The molecule has 1 aliphatic heterocycles. The van der Waals surface area contributed by atoms with E-state index in [4.69, 9.17) is 5.53 Å². The molecular weight excluding hydrogens is 434 g/mol. The Morgan fingerprint density at radius 3 is 2.58 bits per heavy atom. The molecule has 31 heavy (non-hydrogen) atoms. The number of rotatable bonds is 10. The van der Waals surface area contributed by atoms with Gasteiger partial charge < -0.3 is 10.2 Å². The van der Waals surface area contributed by atoms with Crippen molar-refractivity contribution in [3.63, 3.8) is 0 Å². The largest absolute Gasteiger partial charge is 0.508 e. The van der Waals surface area contributed by atoms with Crippen LogP contribution >= 0.6 is 0 Å². The van der Waals surface area contributed by atoms with Crippen molar-refractivity contribution in [1.29, 1.82) is 0 Å². The Bertz CT molecular complexity index is 1050. The molecule has 4 N–H and O–H groups in total. The summed E-state index contributed by atoms with van der Waals surface area (Å²) in [5.74, 6) is -4.35. The molecule has 13 nitrogen and oxygen atoms in total. The normalized spacial score (nSPS) is 18.5. The molecule has 0 spiro atoms. The molecule has 1 saturated heterocycles. The van der Waals surface area contributed by atoms with E-state index in [0.717, 1.165) is 6.07 Å². The van der Waals surface area contributed by atoms with Crippen LogP contribution in [0.4, 0.5) is 5.69 Å². The topological polar surface area (TPSA) is 210 Å². The Morgan fingerprint density at radius 1 is 1.42 bits per heavy atom. The minimum absolute atomic E-state index is 0.111.